The predicted molar refractivity (Wildman–Crippen MR) is 116 cm³/mol. The molecule has 0 radical (unpaired) electrons. The highest BCUT2D eigenvalue weighted by molar-refractivity contribution is 6.44. The van der Waals surface area contributed by atoms with E-state index in [1.54, 1.807) is 11.5 Å². The van der Waals surface area contributed by atoms with Crippen molar-refractivity contribution in [3.05, 3.63) is 51.6 Å². The molecule has 2 aromatic rings. The van der Waals surface area contributed by atoms with Crippen molar-refractivity contribution in [3.63, 3.8) is 0 Å². The third-order valence-corrected chi connectivity index (χ3v) is 6.47. The summed E-state index contributed by atoms with van der Waals surface area (Å²) in [6.45, 7) is 2.21. The van der Waals surface area contributed by atoms with Crippen LogP contribution in [0.2, 0.25) is 5.02 Å². The molecule has 1 aliphatic heterocycles. The Hall–Kier alpha value is -3.18. The van der Waals surface area contributed by atoms with Crippen LogP contribution in [0.3, 0.4) is 0 Å². The quantitative estimate of drug-likeness (QED) is 0.486. The molecular formula is C23H22ClFN4O3. The molecule has 0 atom stereocenters. The highest BCUT2D eigenvalue weighted by Gasteiger charge is 2.45. The Labute approximate surface area is 189 Å². The summed E-state index contributed by atoms with van der Waals surface area (Å²) < 4.78 is 15.2. The lowest BCUT2D eigenvalue weighted by Gasteiger charge is -2.15. The van der Waals surface area contributed by atoms with Gasteiger partial charge >= 0.3 is 0 Å². The summed E-state index contributed by atoms with van der Waals surface area (Å²) in [4.78, 5) is 38.9. The zero-order chi connectivity index (χ0) is 23.0. The van der Waals surface area contributed by atoms with Crippen LogP contribution in [0.25, 0.3) is 0 Å². The summed E-state index contributed by atoms with van der Waals surface area (Å²) >= 11 is 5.80. The van der Waals surface area contributed by atoms with Crippen molar-refractivity contribution in [2.75, 3.05) is 5.32 Å². The molecule has 9 heteroatoms. The number of nitrogens with one attached hydrogen (secondary N) is 2. The van der Waals surface area contributed by atoms with Gasteiger partial charge in [0.15, 0.2) is 0 Å². The summed E-state index contributed by atoms with van der Waals surface area (Å²) in [5.74, 6) is -2.42. The van der Waals surface area contributed by atoms with E-state index >= 15 is 0 Å². The molecule has 1 aromatic heterocycles. The number of Topliss-reactive ketones (excluding diaryl/α,β-unsaturated/α-hetero) is 1. The first-order valence-electron chi connectivity index (χ1n) is 10.5. The Morgan fingerprint density at radius 1 is 1.31 bits per heavy atom. The van der Waals surface area contributed by atoms with Gasteiger partial charge in [-0.3, -0.25) is 14.4 Å². The maximum atomic E-state index is 13.4. The molecule has 1 fully saturated rings. The van der Waals surface area contributed by atoms with Crippen molar-refractivity contribution in [1.82, 2.24) is 9.88 Å². The largest absolute Gasteiger partial charge is 0.344 e. The molecule has 0 bridgehead atoms. The highest BCUT2D eigenvalue weighted by Crippen LogP contribution is 2.40. The third-order valence-electron chi connectivity index (χ3n) is 6.18. The van der Waals surface area contributed by atoms with Crippen molar-refractivity contribution in [2.45, 2.75) is 57.5 Å². The van der Waals surface area contributed by atoms with E-state index in [4.69, 9.17) is 16.9 Å². The number of carbonyl (C=O) groups excluding carboxylic acids is 3. The SMILES string of the molecule is Cc1c(C(=O)C(=O)NC2(CCC#N)CC2)c2n(c1C(=O)Nc1ccc(F)c(Cl)c1)CCC2. The van der Waals surface area contributed by atoms with E-state index < -0.39 is 29.0 Å². The first-order chi connectivity index (χ1) is 15.3. The Bertz CT molecular complexity index is 1180. The van der Waals surface area contributed by atoms with Gasteiger partial charge in [-0.25, -0.2) is 4.39 Å². The molecule has 4 rings (SSSR count). The number of nitriles is 1. The number of ketones is 1. The zero-order valence-electron chi connectivity index (χ0n) is 17.6. The Morgan fingerprint density at radius 2 is 2.06 bits per heavy atom. The fourth-order valence-corrected chi connectivity index (χ4v) is 4.55. The molecule has 1 aromatic carbocycles. The van der Waals surface area contributed by atoms with Crippen LogP contribution in [-0.4, -0.2) is 27.7 Å². The molecular weight excluding hydrogens is 435 g/mol. The second-order valence-corrected chi connectivity index (χ2v) is 8.76. The van der Waals surface area contributed by atoms with E-state index in [1.807, 2.05) is 0 Å². The van der Waals surface area contributed by atoms with Crippen molar-refractivity contribution < 1.29 is 18.8 Å². The Morgan fingerprint density at radius 3 is 2.72 bits per heavy atom. The van der Waals surface area contributed by atoms with Gasteiger partial charge in [0.2, 0.25) is 0 Å². The second-order valence-electron chi connectivity index (χ2n) is 8.36. The molecule has 2 heterocycles. The number of nitrogens with zero attached hydrogens (tertiary/aromatic N) is 2. The number of hydrogen-bond donors (Lipinski definition) is 2. The Balaban J connectivity index is 1.59. The van der Waals surface area contributed by atoms with Crippen molar-refractivity contribution in [2.24, 2.45) is 0 Å². The molecule has 0 saturated heterocycles. The summed E-state index contributed by atoms with van der Waals surface area (Å²) in [6, 6.07) is 5.94. The third kappa shape index (κ3) is 4.00. The fraction of sp³-hybridized carbons (Fsp3) is 0.391. The van der Waals surface area contributed by atoms with Gasteiger partial charge in [0, 0.05) is 29.9 Å². The first-order valence-corrected chi connectivity index (χ1v) is 10.9. The number of amides is 2. The number of aromatic nitrogens is 1. The van der Waals surface area contributed by atoms with Gasteiger partial charge < -0.3 is 15.2 Å². The van der Waals surface area contributed by atoms with Crippen LogP contribution in [0.15, 0.2) is 18.2 Å². The summed E-state index contributed by atoms with van der Waals surface area (Å²) in [5, 5.41) is 14.2. The Kier molecular flexibility index (Phi) is 5.78. The lowest BCUT2D eigenvalue weighted by Crippen LogP contribution is -2.41. The van der Waals surface area contributed by atoms with Crippen LogP contribution in [0, 0.1) is 24.1 Å². The van der Waals surface area contributed by atoms with E-state index in [2.05, 4.69) is 16.7 Å². The van der Waals surface area contributed by atoms with E-state index in [9.17, 15) is 18.8 Å². The van der Waals surface area contributed by atoms with E-state index in [-0.39, 0.29) is 10.6 Å². The maximum Gasteiger partial charge on any atom is 0.292 e. The van der Waals surface area contributed by atoms with E-state index in [0.29, 0.717) is 48.4 Å². The second kappa shape index (κ2) is 8.40. The van der Waals surface area contributed by atoms with E-state index in [0.717, 1.165) is 25.3 Å². The van der Waals surface area contributed by atoms with Crippen molar-refractivity contribution in [1.29, 1.82) is 5.26 Å². The number of anilines is 1. The van der Waals surface area contributed by atoms with Crippen LogP contribution in [0.5, 0.6) is 0 Å². The van der Waals surface area contributed by atoms with Crippen LogP contribution < -0.4 is 10.6 Å². The monoisotopic (exact) mass is 456 g/mol. The molecule has 0 spiro atoms. The average Bonchev–Trinajstić information content (AvgIpc) is 3.25. The molecule has 1 saturated carbocycles. The average molecular weight is 457 g/mol. The smallest absolute Gasteiger partial charge is 0.292 e. The predicted octanol–water partition coefficient (Wildman–Crippen LogP) is 3.92. The number of hydrogen-bond acceptors (Lipinski definition) is 4. The topological polar surface area (TPSA) is 104 Å². The first kappa shape index (κ1) is 22.0. The van der Waals surface area contributed by atoms with Gasteiger partial charge in [-0.05, 0) is 62.8 Å². The lowest BCUT2D eigenvalue weighted by molar-refractivity contribution is -0.118. The summed E-state index contributed by atoms with van der Waals surface area (Å²) in [5.41, 5.74) is 1.53. The molecule has 2 amide bonds. The minimum absolute atomic E-state index is 0.113. The standard InChI is InChI=1S/C23H22ClFN4O3/c1-13-18(20(30)22(32)28-23(8-9-23)7-3-10-26)17-4-2-11-29(17)19(13)21(31)27-14-5-6-16(25)15(24)12-14/h5-6,12H,2-4,7-9,11H2,1H3,(H,27,31)(H,28,32). The molecule has 2 aliphatic rings. The number of fused-ring (bicyclic) bond motifs is 1. The molecule has 7 nitrogen and oxygen atoms in total. The number of rotatable bonds is 7. The van der Waals surface area contributed by atoms with Crippen molar-refractivity contribution in [3.8, 4) is 6.07 Å². The number of halogens is 2. The number of carbonyl (C=O) groups is 3. The van der Waals surface area contributed by atoms with Crippen LogP contribution in [0.4, 0.5) is 10.1 Å². The van der Waals surface area contributed by atoms with Gasteiger partial charge in [-0.2, -0.15) is 5.26 Å². The minimum Gasteiger partial charge on any atom is -0.344 e. The molecule has 1 aliphatic carbocycles. The minimum atomic E-state index is -0.707. The summed E-state index contributed by atoms with van der Waals surface area (Å²) in [7, 11) is 0. The maximum absolute atomic E-state index is 13.4. The van der Waals surface area contributed by atoms with Crippen LogP contribution >= 0.6 is 11.6 Å². The van der Waals surface area contributed by atoms with Crippen molar-refractivity contribution >= 4 is 34.9 Å². The molecule has 2 N–H and O–H groups in total. The van der Waals surface area contributed by atoms with Gasteiger partial charge in [-0.1, -0.05) is 11.6 Å². The number of benzene rings is 1. The van der Waals surface area contributed by atoms with Crippen LogP contribution in [-0.2, 0) is 17.8 Å². The fourth-order valence-electron chi connectivity index (χ4n) is 4.37. The molecule has 166 valence electrons. The molecule has 0 unspecified atom stereocenters. The van der Waals surface area contributed by atoms with Gasteiger partial charge in [-0.15, -0.1) is 0 Å². The lowest BCUT2D eigenvalue weighted by atomic mass is 10.0. The van der Waals surface area contributed by atoms with Gasteiger partial charge in [0.25, 0.3) is 17.6 Å². The van der Waals surface area contributed by atoms with Gasteiger partial charge in [0.1, 0.15) is 11.5 Å². The normalized spacial score (nSPS) is 15.6. The van der Waals surface area contributed by atoms with Gasteiger partial charge in [0.05, 0.1) is 16.7 Å². The van der Waals surface area contributed by atoms with E-state index in [1.165, 1.54) is 12.1 Å². The summed E-state index contributed by atoms with van der Waals surface area (Å²) in [6.07, 6.45) is 3.66. The highest BCUT2D eigenvalue weighted by atomic mass is 35.5. The van der Waals surface area contributed by atoms with Crippen LogP contribution in [0.1, 0.15) is 64.2 Å². The molecule has 32 heavy (non-hydrogen) atoms. The zero-order valence-corrected chi connectivity index (χ0v) is 18.3.